The van der Waals surface area contributed by atoms with Crippen LogP contribution >= 0.6 is 0 Å². The van der Waals surface area contributed by atoms with E-state index >= 15 is 0 Å². The molecule has 0 aliphatic heterocycles. The van der Waals surface area contributed by atoms with Gasteiger partial charge in [0.25, 0.3) is 0 Å². The summed E-state index contributed by atoms with van der Waals surface area (Å²) in [5, 5.41) is 3.48. The molecule has 0 amide bonds. The van der Waals surface area contributed by atoms with Crippen molar-refractivity contribution in [1.82, 2.24) is 5.32 Å². The van der Waals surface area contributed by atoms with E-state index in [1.165, 1.54) is 5.56 Å². The van der Waals surface area contributed by atoms with Crippen LogP contribution in [0.5, 0.6) is 11.5 Å². The SMILES string of the molecule is COc1ccc(C(C)CCNCC(C)C)c(OC)c1. The number of hydrogen-bond donors (Lipinski definition) is 1. The molecule has 0 bridgehead atoms. The molecule has 3 nitrogen and oxygen atoms in total. The van der Waals surface area contributed by atoms with Crippen molar-refractivity contribution in [2.75, 3.05) is 27.3 Å². The van der Waals surface area contributed by atoms with Gasteiger partial charge in [-0.15, -0.1) is 0 Å². The van der Waals surface area contributed by atoms with Gasteiger partial charge in [-0.3, -0.25) is 0 Å². The molecule has 0 aromatic heterocycles. The number of benzene rings is 1. The Hall–Kier alpha value is -1.22. The highest BCUT2D eigenvalue weighted by Gasteiger charge is 2.12. The summed E-state index contributed by atoms with van der Waals surface area (Å²) in [7, 11) is 3.38. The summed E-state index contributed by atoms with van der Waals surface area (Å²) in [5.74, 6) is 2.92. The Labute approximate surface area is 117 Å². The van der Waals surface area contributed by atoms with Gasteiger partial charge in [0, 0.05) is 6.07 Å². The second-order valence-electron chi connectivity index (χ2n) is 5.40. The average molecular weight is 265 g/mol. The minimum absolute atomic E-state index is 0.473. The smallest absolute Gasteiger partial charge is 0.126 e. The van der Waals surface area contributed by atoms with Crippen LogP contribution in [0.1, 0.15) is 38.7 Å². The van der Waals surface area contributed by atoms with Crippen LogP contribution in [-0.2, 0) is 0 Å². The van der Waals surface area contributed by atoms with Gasteiger partial charge in [-0.25, -0.2) is 0 Å². The van der Waals surface area contributed by atoms with Crippen LogP contribution in [0.4, 0.5) is 0 Å². The molecule has 19 heavy (non-hydrogen) atoms. The Kier molecular flexibility index (Phi) is 6.71. The summed E-state index contributed by atoms with van der Waals surface area (Å²) in [6.07, 6.45) is 1.11. The summed E-state index contributed by atoms with van der Waals surface area (Å²) in [6.45, 7) is 8.80. The Bertz CT molecular complexity index is 377. The van der Waals surface area contributed by atoms with Gasteiger partial charge < -0.3 is 14.8 Å². The monoisotopic (exact) mass is 265 g/mol. The van der Waals surface area contributed by atoms with Crippen LogP contribution in [0.2, 0.25) is 0 Å². The quantitative estimate of drug-likeness (QED) is 0.730. The predicted octanol–water partition coefficient (Wildman–Crippen LogP) is 3.44. The van der Waals surface area contributed by atoms with E-state index in [-0.39, 0.29) is 0 Å². The highest BCUT2D eigenvalue weighted by molar-refractivity contribution is 5.42. The van der Waals surface area contributed by atoms with Crippen LogP contribution in [-0.4, -0.2) is 27.3 Å². The number of nitrogens with one attached hydrogen (secondary N) is 1. The molecule has 1 unspecified atom stereocenters. The summed E-state index contributed by atoms with van der Waals surface area (Å²) in [6, 6.07) is 6.05. The molecule has 0 fully saturated rings. The van der Waals surface area contributed by atoms with Crippen LogP contribution in [0.15, 0.2) is 18.2 Å². The minimum atomic E-state index is 0.473. The van der Waals surface area contributed by atoms with Crippen LogP contribution in [0.25, 0.3) is 0 Å². The molecule has 0 aliphatic carbocycles. The predicted molar refractivity (Wildman–Crippen MR) is 80.3 cm³/mol. The lowest BCUT2D eigenvalue weighted by Gasteiger charge is -2.17. The Morgan fingerprint density at radius 2 is 1.84 bits per heavy atom. The highest BCUT2D eigenvalue weighted by atomic mass is 16.5. The Morgan fingerprint density at radius 1 is 1.11 bits per heavy atom. The Balaban J connectivity index is 2.58. The normalized spacial score (nSPS) is 12.5. The standard InChI is InChI=1S/C16H27NO2/c1-12(2)11-17-9-8-13(3)15-7-6-14(18-4)10-16(15)19-5/h6-7,10,12-13,17H,8-9,11H2,1-5H3. The van der Waals surface area contributed by atoms with Crippen molar-refractivity contribution in [3.05, 3.63) is 23.8 Å². The fourth-order valence-electron chi connectivity index (χ4n) is 2.09. The zero-order valence-corrected chi connectivity index (χ0v) is 12.8. The summed E-state index contributed by atoms with van der Waals surface area (Å²) < 4.78 is 10.7. The lowest BCUT2D eigenvalue weighted by atomic mass is 9.96. The van der Waals surface area contributed by atoms with E-state index in [1.807, 2.05) is 12.1 Å². The molecule has 0 saturated carbocycles. The second kappa shape index (κ2) is 8.05. The van der Waals surface area contributed by atoms with E-state index in [2.05, 4.69) is 32.2 Å². The molecule has 1 aromatic carbocycles. The third-order valence-electron chi connectivity index (χ3n) is 3.28. The van der Waals surface area contributed by atoms with Crippen molar-refractivity contribution in [1.29, 1.82) is 0 Å². The fraction of sp³-hybridized carbons (Fsp3) is 0.625. The van der Waals surface area contributed by atoms with E-state index in [4.69, 9.17) is 9.47 Å². The second-order valence-corrected chi connectivity index (χ2v) is 5.40. The molecule has 0 radical (unpaired) electrons. The maximum Gasteiger partial charge on any atom is 0.126 e. The molecule has 0 saturated heterocycles. The zero-order valence-electron chi connectivity index (χ0n) is 12.8. The molecular formula is C16H27NO2. The van der Waals surface area contributed by atoms with Crippen LogP contribution in [0, 0.1) is 5.92 Å². The lowest BCUT2D eigenvalue weighted by Crippen LogP contribution is -2.21. The molecule has 1 atom stereocenters. The van der Waals surface area contributed by atoms with E-state index in [0.29, 0.717) is 11.8 Å². The van der Waals surface area contributed by atoms with E-state index in [9.17, 15) is 0 Å². The molecular weight excluding hydrogens is 238 g/mol. The molecule has 3 heteroatoms. The number of methoxy groups -OCH3 is 2. The van der Waals surface area contributed by atoms with Gasteiger partial charge in [0.1, 0.15) is 11.5 Å². The van der Waals surface area contributed by atoms with Gasteiger partial charge in [-0.1, -0.05) is 26.8 Å². The third kappa shape index (κ3) is 5.11. The largest absolute Gasteiger partial charge is 0.497 e. The first-order valence-corrected chi connectivity index (χ1v) is 7.01. The maximum absolute atomic E-state index is 5.45. The van der Waals surface area contributed by atoms with Crippen molar-refractivity contribution in [2.24, 2.45) is 5.92 Å². The first-order valence-electron chi connectivity index (χ1n) is 7.01. The van der Waals surface area contributed by atoms with Gasteiger partial charge in [-0.2, -0.15) is 0 Å². The number of rotatable bonds is 8. The number of ether oxygens (including phenoxy) is 2. The zero-order chi connectivity index (χ0) is 14.3. The topological polar surface area (TPSA) is 30.5 Å². The minimum Gasteiger partial charge on any atom is -0.497 e. The third-order valence-corrected chi connectivity index (χ3v) is 3.28. The molecule has 1 N–H and O–H groups in total. The lowest BCUT2D eigenvalue weighted by molar-refractivity contribution is 0.387. The molecule has 1 rings (SSSR count). The molecule has 0 spiro atoms. The van der Waals surface area contributed by atoms with Crippen molar-refractivity contribution in [3.8, 4) is 11.5 Å². The fourth-order valence-corrected chi connectivity index (χ4v) is 2.09. The Morgan fingerprint density at radius 3 is 2.42 bits per heavy atom. The van der Waals surface area contributed by atoms with Crippen molar-refractivity contribution in [3.63, 3.8) is 0 Å². The van der Waals surface area contributed by atoms with Gasteiger partial charge in [0.05, 0.1) is 14.2 Å². The maximum atomic E-state index is 5.45. The van der Waals surface area contributed by atoms with Crippen LogP contribution < -0.4 is 14.8 Å². The molecule has 0 heterocycles. The van der Waals surface area contributed by atoms with Crippen molar-refractivity contribution in [2.45, 2.75) is 33.1 Å². The summed E-state index contributed by atoms with van der Waals surface area (Å²) in [4.78, 5) is 0. The van der Waals surface area contributed by atoms with E-state index in [0.717, 1.165) is 31.0 Å². The van der Waals surface area contributed by atoms with Gasteiger partial charge in [0.2, 0.25) is 0 Å². The van der Waals surface area contributed by atoms with Gasteiger partial charge in [-0.05, 0) is 43.0 Å². The van der Waals surface area contributed by atoms with E-state index in [1.54, 1.807) is 14.2 Å². The molecule has 0 aliphatic rings. The first kappa shape index (κ1) is 15.8. The average Bonchev–Trinajstić information content (AvgIpc) is 2.42. The van der Waals surface area contributed by atoms with E-state index < -0.39 is 0 Å². The molecule has 108 valence electrons. The van der Waals surface area contributed by atoms with Crippen LogP contribution in [0.3, 0.4) is 0 Å². The van der Waals surface area contributed by atoms with Gasteiger partial charge >= 0.3 is 0 Å². The molecule has 1 aromatic rings. The highest BCUT2D eigenvalue weighted by Crippen LogP contribution is 2.31. The van der Waals surface area contributed by atoms with Gasteiger partial charge in [0.15, 0.2) is 0 Å². The number of hydrogen-bond acceptors (Lipinski definition) is 3. The first-order chi connectivity index (χ1) is 9.08. The summed E-state index contributed by atoms with van der Waals surface area (Å²) in [5.41, 5.74) is 1.25. The van der Waals surface area contributed by atoms with Crippen molar-refractivity contribution < 1.29 is 9.47 Å². The van der Waals surface area contributed by atoms with Crippen molar-refractivity contribution >= 4 is 0 Å². The summed E-state index contributed by atoms with van der Waals surface area (Å²) >= 11 is 0.